The Morgan fingerprint density at radius 3 is 2.59 bits per heavy atom. The van der Waals surface area contributed by atoms with Gasteiger partial charge in [0.05, 0.1) is 3.79 Å². The molecule has 1 saturated heterocycles. The van der Waals surface area contributed by atoms with Gasteiger partial charge in [0.1, 0.15) is 9.81 Å². The van der Waals surface area contributed by atoms with Gasteiger partial charge >= 0.3 is 6.09 Å². The van der Waals surface area contributed by atoms with Crippen LogP contribution in [0.4, 0.5) is 4.79 Å². The molecule has 1 aliphatic heterocycles. The molecule has 6 nitrogen and oxygen atoms in total. The maximum Gasteiger partial charge on any atom is 0.410 e. The molecule has 0 bridgehead atoms. The molecular formula is C18H29BrN2O4S2. The second-order valence-corrected chi connectivity index (χ2v) is 12.8. The van der Waals surface area contributed by atoms with Crippen molar-refractivity contribution in [2.45, 2.75) is 63.3 Å². The minimum Gasteiger partial charge on any atom is -0.444 e. The van der Waals surface area contributed by atoms with Gasteiger partial charge in [-0.3, -0.25) is 0 Å². The number of carbonyl (C=O) groups is 1. The molecule has 9 heteroatoms. The number of amides is 1. The fraction of sp³-hybridized carbons (Fsp3) is 0.722. The summed E-state index contributed by atoms with van der Waals surface area (Å²) in [6.45, 7) is 10.9. The highest BCUT2D eigenvalue weighted by Gasteiger charge is 2.34. The smallest absolute Gasteiger partial charge is 0.410 e. The molecule has 1 atom stereocenters. The molecule has 0 radical (unpaired) electrons. The zero-order valence-electron chi connectivity index (χ0n) is 16.6. The van der Waals surface area contributed by atoms with Crippen molar-refractivity contribution in [3.8, 4) is 0 Å². The molecule has 1 aliphatic rings. The fourth-order valence-electron chi connectivity index (χ4n) is 3.05. The minimum atomic E-state index is -3.49. The van der Waals surface area contributed by atoms with Crippen LogP contribution < -0.4 is 0 Å². The molecule has 1 fully saturated rings. The van der Waals surface area contributed by atoms with E-state index in [4.69, 9.17) is 4.74 Å². The molecular weight excluding hydrogens is 452 g/mol. The molecule has 0 spiro atoms. The van der Waals surface area contributed by atoms with Crippen molar-refractivity contribution in [1.29, 1.82) is 0 Å². The van der Waals surface area contributed by atoms with E-state index in [0.29, 0.717) is 23.8 Å². The third kappa shape index (κ3) is 6.17. The van der Waals surface area contributed by atoms with Gasteiger partial charge in [0.2, 0.25) is 0 Å². The van der Waals surface area contributed by atoms with Crippen LogP contribution in [0.3, 0.4) is 0 Å². The van der Waals surface area contributed by atoms with Crippen LogP contribution in [0, 0.1) is 5.92 Å². The molecule has 1 amide bonds. The topological polar surface area (TPSA) is 66.9 Å². The molecule has 1 aromatic rings. The van der Waals surface area contributed by atoms with Crippen molar-refractivity contribution < 1.29 is 17.9 Å². The second kappa shape index (κ2) is 8.80. The third-order valence-electron chi connectivity index (χ3n) is 4.33. The Kier molecular flexibility index (Phi) is 7.38. The third-order valence-corrected chi connectivity index (χ3v) is 8.29. The van der Waals surface area contributed by atoms with E-state index in [1.165, 1.54) is 11.3 Å². The summed E-state index contributed by atoms with van der Waals surface area (Å²) in [6.07, 6.45) is 1.34. The van der Waals surface area contributed by atoms with Gasteiger partial charge < -0.3 is 9.64 Å². The van der Waals surface area contributed by atoms with E-state index in [1.54, 1.807) is 21.3 Å². The Bertz CT molecular complexity index is 756. The van der Waals surface area contributed by atoms with Gasteiger partial charge in [0.25, 0.3) is 10.0 Å². The Morgan fingerprint density at radius 2 is 2.07 bits per heavy atom. The van der Waals surface area contributed by atoms with Crippen LogP contribution in [-0.2, 0) is 14.8 Å². The van der Waals surface area contributed by atoms with Crippen molar-refractivity contribution in [3.63, 3.8) is 0 Å². The second-order valence-electron chi connectivity index (χ2n) is 8.16. The van der Waals surface area contributed by atoms with E-state index in [9.17, 15) is 13.2 Å². The highest BCUT2D eigenvalue weighted by atomic mass is 79.9. The maximum atomic E-state index is 12.9. The van der Waals surface area contributed by atoms with Crippen molar-refractivity contribution >= 4 is 43.4 Å². The number of hydrogen-bond donors (Lipinski definition) is 0. The minimum absolute atomic E-state index is 0.0138. The van der Waals surface area contributed by atoms with Crippen LogP contribution in [0.25, 0.3) is 0 Å². The van der Waals surface area contributed by atoms with Gasteiger partial charge in [-0.15, -0.1) is 11.3 Å². The highest BCUT2D eigenvalue weighted by Crippen LogP contribution is 2.31. The summed E-state index contributed by atoms with van der Waals surface area (Å²) in [7, 11) is -3.49. The van der Waals surface area contributed by atoms with E-state index in [-0.39, 0.29) is 18.1 Å². The fourth-order valence-corrected chi connectivity index (χ4v) is 6.77. The van der Waals surface area contributed by atoms with E-state index in [2.05, 4.69) is 15.9 Å². The molecule has 1 unspecified atom stereocenters. The Morgan fingerprint density at radius 1 is 1.41 bits per heavy atom. The number of rotatable bonds is 5. The van der Waals surface area contributed by atoms with Crippen molar-refractivity contribution in [2.75, 3.05) is 19.6 Å². The number of thiophene rings is 1. The number of sulfonamides is 1. The van der Waals surface area contributed by atoms with Gasteiger partial charge in [0.15, 0.2) is 0 Å². The first-order chi connectivity index (χ1) is 12.4. The van der Waals surface area contributed by atoms with Gasteiger partial charge in [-0.05, 0) is 81.4 Å². The first-order valence-electron chi connectivity index (χ1n) is 9.15. The van der Waals surface area contributed by atoms with Gasteiger partial charge in [0, 0.05) is 25.7 Å². The zero-order chi connectivity index (χ0) is 20.4. The molecule has 0 aromatic carbocycles. The van der Waals surface area contributed by atoms with Crippen LogP contribution in [0.1, 0.15) is 47.5 Å². The lowest BCUT2D eigenvalue weighted by atomic mass is 9.98. The number of nitrogens with zero attached hydrogens (tertiary/aromatic N) is 2. The lowest BCUT2D eigenvalue weighted by Crippen LogP contribution is -2.48. The first kappa shape index (κ1) is 22.6. The molecule has 27 heavy (non-hydrogen) atoms. The van der Waals surface area contributed by atoms with Gasteiger partial charge in [-0.25, -0.2) is 13.2 Å². The summed E-state index contributed by atoms with van der Waals surface area (Å²) in [5.74, 6) is 0.0897. The molecule has 0 N–H and O–H groups in total. The Balaban J connectivity index is 2.09. The summed E-state index contributed by atoms with van der Waals surface area (Å²) < 4.78 is 34.0. The SMILES string of the molecule is CC(C)N(CC1CCCN(S(=O)(=O)c2ccc(Br)s2)C1)C(=O)OC(C)(C)C. The van der Waals surface area contributed by atoms with Crippen molar-refractivity contribution in [2.24, 2.45) is 5.92 Å². The monoisotopic (exact) mass is 480 g/mol. The van der Waals surface area contributed by atoms with Crippen molar-refractivity contribution in [3.05, 3.63) is 15.9 Å². The Hall–Kier alpha value is -0.640. The number of piperidine rings is 1. The number of hydrogen-bond acceptors (Lipinski definition) is 5. The van der Waals surface area contributed by atoms with E-state index >= 15 is 0 Å². The van der Waals surface area contributed by atoms with E-state index in [1.807, 2.05) is 34.6 Å². The van der Waals surface area contributed by atoms with Crippen LogP contribution in [0.2, 0.25) is 0 Å². The van der Waals surface area contributed by atoms with E-state index in [0.717, 1.165) is 16.6 Å². The van der Waals surface area contributed by atoms with Crippen LogP contribution in [-0.4, -0.2) is 55.0 Å². The van der Waals surface area contributed by atoms with Crippen molar-refractivity contribution in [1.82, 2.24) is 9.21 Å². The molecule has 0 aliphatic carbocycles. The summed E-state index contributed by atoms with van der Waals surface area (Å²) in [5, 5.41) is 0. The Labute approximate surface area is 175 Å². The zero-order valence-corrected chi connectivity index (χ0v) is 19.8. The van der Waals surface area contributed by atoms with Gasteiger partial charge in [-0.1, -0.05) is 0 Å². The normalized spacial score (nSPS) is 19.3. The highest BCUT2D eigenvalue weighted by molar-refractivity contribution is 9.11. The largest absolute Gasteiger partial charge is 0.444 e. The average molecular weight is 481 g/mol. The summed E-state index contributed by atoms with van der Waals surface area (Å²) in [4.78, 5) is 14.2. The average Bonchev–Trinajstić information content (AvgIpc) is 2.98. The summed E-state index contributed by atoms with van der Waals surface area (Å²) in [6, 6.07) is 3.37. The molecule has 1 aromatic heterocycles. The predicted molar refractivity (Wildman–Crippen MR) is 112 cm³/mol. The summed E-state index contributed by atoms with van der Waals surface area (Å²) in [5.41, 5.74) is -0.557. The van der Waals surface area contributed by atoms with Crippen LogP contribution in [0.5, 0.6) is 0 Å². The van der Waals surface area contributed by atoms with E-state index < -0.39 is 15.6 Å². The standard InChI is InChI=1S/C18H29BrN2O4S2/c1-13(2)21(17(22)25-18(3,4)5)12-14-7-6-10-20(11-14)27(23,24)16-9-8-15(19)26-16/h8-9,13-14H,6-7,10-12H2,1-5H3. The predicted octanol–water partition coefficient (Wildman–Crippen LogP) is 4.56. The van der Waals surface area contributed by atoms with Gasteiger partial charge in [-0.2, -0.15) is 4.31 Å². The lowest BCUT2D eigenvalue weighted by Gasteiger charge is -2.36. The first-order valence-corrected chi connectivity index (χ1v) is 12.2. The maximum absolute atomic E-state index is 12.9. The molecule has 2 heterocycles. The van der Waals surface area contributed by atoms with Crippen LogP contribution in [0.15, 0.2) is 20.1 Å². The van der Waals surface area contributed by atoms with Crippen LogP contribution >= 0.6 is 27.3 Å². The lowest BCUT2D eigenvalue weighted by molar-refractivity contribution is 0.0138. The quantitative estimate of drug-likeness (QED) is 0.619. The number of ether oxygens (including phenoxy) is 1. The molecule has 2 rings (SSSR count). The number of halogens is 1. The molecule has 0 saturated carbocycles. The summed E-state index contributed by atoms with van der Waals surface area (Å²) >= 11 is 4.55. The molecule has 154 valence electrons. The number of carbonyl (C=O) groups excluding carboxylic acids is 1.